The van der Waals surface area contributed by atoms with E-state index in [4.69, 9.17) is 4.74 Å². The Labute approximate surface area is 100 Å². The summed E-state index contributed by atoms with van der Waals surface area (Å²) < 4.78 is 5.57. The van der Waals surface area contributed by atoms with Gasteiger partial charge in [0.1, 0.15) is 0 Å². The van der Waals surface area contributed by atoms with E-state index in [-0.39, 0.29) is 18.2 Å². The highest BCUT2D eigenvalue weighted by atomic mass is 16.5. The van der Waals surface area contributed by atoms with Crippen molar-refractivity contribution >= 4 is 11.8 Å². The van der Waals surface area contributed by atoms with Gasteiger partial charge in [-0.05, 0) is 13.8 Å². The minimum absolute atomic E-state index is 0.0614. The van der Waals surface area contributed by atoms with Crippen LogP contribution in [0.3, 0.4) is 0 Å². The summed E-state index contributed by atoms with van der Waals surface area (Å²) in [5.41, 5.74) is 0. The van der Waals surface area contributed by atoms with Crippen LogP contribution >= 0.6 is 0 Å². The van der Waals surface area contributed by atoms with Crippen molar-refractivity contribution in [1.29, 1.82) is 0 Å². The fourth-order valence-corrected chi connectivity index (χ4v) is 1.90. The van der Waals surface area contributed by atoms with Gasteiger partial charge in [-0.15, -0.1) is 0 Å². The lowest BCUT2D eigenvalue weighted by Crippen LogP contribution is -2.49. The Hall–Kier alpha value is -1.69. The van der Waals surface area contributed by atoms with Crippen LogP contribution in [0.25, 0.3) is 0 Å². The highest BCUT2D eigenvalue weighted by Gasteiger charge is 2.25. The molecule has 6 nitrogen and oxygen atoms in total. The number of hydrogen-bond donors (Lipinski definition) is 1. The van der Waals surface area contributed by atoms with Crippen LogP contribution in [-0.2, 0) is 4.74 Å². The van der Waals surface area contributed by atoms with Gasteiger partial charge in [0, 0.05) is 25.5 Å². The first-order chi connectivity index (χ1) is 8.15. The summed E-state index contributed by atoms with van der Waals surface area (Å²) in [5.74, 6) is 0.462. The molecular weight excluding hydrogens is 220 g/mol. The number of carbonyl (C=O) groups is 1. The molecule has 92 valence electrons. The summed E-state index contributed by atoms with van der Waals surface area (Å²) in [6, 6.07) is -0.160. The van der Waals surface area contributed by atoms with Crippen molar-refractivity contribution < 1.29 is 9.53 Å². The number of anilines is 1. The lowest BCUT2D eigenvalue weighted by molar-refractivity contribution is -0.0530. The second-order valence-corrected chi connectivity index (χ2v) is 4.18. The van der Waals surface area contributed by atoms with Crippen LogP contribution in [0.1, 0.15) is 13.8 Å². The minimum atomic E-state index is -0.160. The molecule has 2 heterocycles. The number of morpholine rings is 1. The third-order valence-electron chi connectivity index (χ3n) is 2.50. The molecule has 1 aromatic heterocycles. The first-order valence-corrected chi connectivity index (χ1v) is 5.62. The Morgan fingerprint density at radius 2 is 2.12 bits per heavy atom. The van der Waals surface area contributed by atoms with Crippen LogP contribution in [0.15, 0.2) is 18.6 Å². The van der Waals surface area contributed by atoms with Crippen LogP contribution < -0.4 is 5.32 Å². The van der Waals surface area contributed by atoms with Crippen LogP contribution in [0.5, 0.6) is 0 Å². The summed E-state index contributed by atoms with van der Waals surface area (Å²) in [7, 11) is 0. The number of rotatable bonds is 1. The quantitative estimate of drug-likeness (QED) is 0.793. The van der Waals surface area contributed by atoms with Gasteiger partial charge in [-0.2, -0.15) is 0 Å². The molecule has 1 aliphatic heterocycles. The molecule has 0 saturated carbocycles. The topological polar surface area (TPSA) is 67.4 Å². The Bertz CT molecular complexity index is 374. The number of nitrogens with zero attached hydrogens (tertiary/aromatic N) is 3. The van der Waals surface area contributed by atoms with E-state index in [1.54, 1.807) is 17.3 Å². The van der Waals surface area contributed by atoms with E-state index in [2.05, 4.69) is 15.3 Å². The lowest BCUT2D eigenvalue weighted by Gasteiger charge is -2.35. The minimum Gasteiger partial charge on any atom is -0.372 e. The molecule has 0 aromatic carbocycles. The smallest absolute Gasteiger partial charge is 0.323 e. The molecule has 0 bridgehead atoms. The van der Waals surface area contributed by atoms with Crippen LogP contribution in [0.4, 0.5) is 10.6 Å². The maximum absolute atomic E-state index is 12.0. The number of amides is 2. The standard InChI is InChI=1S/C11H16N4O2/c1-8-6-15(7-9(2)17-8)11(16)14-10-5-12-3-4-13-10/h3-5,8-9H,6-7H2,1-2H3,(H,13,14,16). The number of ether oxygens (including phenoxy) is 1. The lowest BCUT2D eigenvalue weighted by atomic mass is 10.2. The summed E-state index contributed by atoms with van der Waals surface area (Å²) in [6.07, 6.45) is 4.75. The van der Waals surface area contributed by atoms with Gasteiger partial charge < -0.3 is 9.64 Å². The zero-order valence-corrected chi connectivity index (χ0v) is 9.96. The number of carbonyl (C=O) groups excluding carboxylic acids is 1. The molecule has 17 heavy (non-hydrogen) atoms. The van der Waals surface area contributed by atoms with Gasteiger partial charge in [-0.1, -0.05) is 0 Å². The fraction of sp³-hybridized carbons (Fsp3) is 0.545. The highest BCUT2D eigenvalue weighted by molar-refractivity contribution is 5.88. The number of urea groups is 1. The summed E-state index contributed by atoms with van der Waals surface area (Å²) in [6.45, 7) is 5.10. The molecule has 2 unspecified atom stereocenters. The maximum atomic E-state index is 12.0. The maximum Gasteiger partial charge on any atom is 0.323 e. The SMILES string of the molecule is CC1CN(C(=O)Nc2cnccn2)CC(C)O1. The molecule has 0 aliphatic carbocycles. The molecule has 6 heteroatoms. The van der Waals surface area contributed by atoms with Crippen molar-refractivity contribution in [2.75, 3.05) is 18.4 Å². The molecule has 2 amide bonds. The Morgan fingerprint density at radius 3 is 2.71 bits per heavy atom. The van der Waals surface area contributed by atoms with E-state index in [1.807, 2.05) is 13.8 Å². The second kappa shape index (κ2) is 5.09. The summed E-state index contributed by atoms with van der Waals surface area (Å²) in [5, 5.41) is 2.71. The normalized spacial score (nSPS) is 24.5. The second-order valence-electron chi connectivity index (χ2n) is 4.18. The number of aromatic nitrogens is 2. The molecule has 0 radical (unpaired) electrons. The predicted molar refractivity (Wildman–Crippen MR) is 62.6 cm³/mol. The molecule has 1 fully saturated rings. The zero-order chi connectivity index (χ0) is 12.3. The van der Waals surface area contributed by atoms with E-state index in [1.165, 1.54) is 6.20 Å². The van der Waals surface area contributed by atoms with E-state index in [0.29, 0.717) is 18.9 Å². The molecular formula is C11H16N4O2. The van der Waals surface area contributed by atoms with E-state index >= 15 is 0 Å². The van der Waals surface area contributed by atoms with Crippen molar-refractivity contribution in [2.24, 2.45) is 0 Å². The van der Waals surface area contributed by atoms with E-state index < -0.39 is 0 Å². The van der Waals surface area contributed by atoms with Gasteiger partial charge in [0.15, 0.2) is 5.82 Å². The molecule has 0 spiro atoms. The molecule has 1 N–H and O–H groups in total. The third kappa shape index (κ3) is 3.13. The van der Waals surface area contributed by atoms with Gasteiger partial charge in [0.2, 0.25) is 0 Å². The molecule has 1 aromatic rings. The molecule has 1 saturated heterocycles. The van der Waals surface area contributed by atoms with Crippen LogP contribution in [0, 0.1) is 0 Å². The summed E-state index contributed by atoms with van der Waals surface area (Å²) >= 11 is 0. The third-order valence-corrected chi connectivity index (χ3v) is 2.50. The van der Waals surface area contributed by atoms with Crippen molar-refractivity contribution in [3.8, 4) is 0 Å². The van der Waals surface area contributed by atoms with Crippen molar-refractivity contribution in [2.45, 2.75) is 26.1 Å². The molecule has 2 atom stereocenters. The van der Waals surface area contributed by atoms with E-state index in [9.17, 15) is 4.79 Å². The monoisotopic (exact) mass is 236 g/mol. The Morgan fingerprint density at radius 1 is 1.41 bits per heavy atom. The van der Waals surface area contributed by atoms with Crippen molar-refractivity contribution in [3.05, 3.63) is 18.6 Å². The van der Waals surface area contributed by atoms with Gasteiger partial charge in [0.05, 0.1) is 18.4 Å². The van der Waals surface area contributed by atoms with Gasteiger partial charge >= 0.3 is 6.03 Å². The molecule has 1 aliphatic rings. The fourth-order valence-electron chi connectivity index (χ4n) is 1.90. The Kier molecular flexibility index (Phi) is 3.53. The first-order valence-electron chi connectivity index (χ1n) is 5.62. The van der Waals surface area contributed by atoms with Crippen LogP contribution in [-0.4, -0.2) is 46.2 Å². The first kappa shape index (κ1) is 11.8. The summed E-state index contributed by atoms with van der Waals surface area (Å²) in [4.78, 5) is 21.6. The van der Waals surface area contributed by atoms with Gasteiger partial charge in [-0.3, -0.25) is 10.3 Å². The zero-order valence-electron chi connectivity index (χ0n) is 9.96. The van der Waals surface area contributed by atoms with Crippen LogP contribution in [0.2, 0.25) is 0 Å². The van der Waals surface area contributed by atoms with Crippen molar-refractivity contribution in [3.63, 3.8) is 0 Å². The Balaban J connectivity index is 1.96. The largest absolute Gasteiger partial charge is 0.372 e. The number of nitrogens with one attached hydrogen (secondary N) is 1. The van der Waals surface area contributed by atoms with E-state index in [0.717, 1.165) is 0 Å². The van der Waals surface area contributed by atoms with Crippen molar-refractivity contribution in [1.82, 2.24) is 14.9 Å². The highest BCUT2D eigenvalue weighted by Crippen LogP contribution is 2.11. The average molecular weight is 236 g/mol. The van der Waals surface area contributed by atoms with Gasteiger partial charge in [-0.25, -0.2) is 9.78 Å². The molecule has 2 rings (SSSR count). The average Bonchev–Trinajstić information content (AvgIpc) is 2.29. The van der Waals surface area contributed by atoms with Gasteiger partial charge in [0.25, 0.3) is 0 Å². The number of hydrogen-bond acceptors (Lipinski definition) is 4. The predicted octanol–water partition coefficient (Wildman–Crippen LogP) is 1.12.